The molecular weight excluding hydrogens is 242 g/mol. The third-order valence-electron chi connectivity index (χ3n) is 3.48. The number of carbonyl (C=O) groups is 1. The molecule has 0 aliphatic heterocycles. The van der Waals surface area contributed by atoms with Crippen molar-refractivity contribution in [3.63, 3.8) is 0 Å². The first-order valence-electron chi connectivity index (χ1n) is 6.33. The maximum absolute atomic E-state index is 12.1. The van der Waals surface area contributed by atoms with Gasteiger partial charge in [-0.25, -0.2) is 4.98 Å². The Hall–Kier alpha value is -2.24. The molecule has 0 spiro atoms. The molecule has 6 nitrogen and oxygen atoms in total. The lowest BCUT2D eigenvalue weighted by Gasteiger charge is -2.23. The quantitative estimate of drug-likeness (QED) is 0.871. The first-order valence-corrected chi connectivity index (χ1v) is 6.33. The predicted octanol–water partition coefficient (Wildman–Crippen LogP) is 1.02. The molecule has 1 aliphatic carbocycles. The van der Waals surface area contributed by atoms with Crippen molar-refractivity contribution in [3.8, 4) is 0 Å². The second-order valence-electron chi connectivity index (χ2n) is 4.68. The SMILES string of the molecule is Cn1ncc2c1CCCC2NC(=O)c1cnccn1. The van der Waals surface area contributed by atoms with Crippen LogP contribution in [0.4, 0.5) is 0 Å². The molecular formula is C13H15N5O. The minimum Gasteiger partial charge on any atom is -0.344 e. The van der Waals surface area contributed by atoms with E-state index in [1.165, 1.54) is 18.1 Å². The van der Waals surface area contributed by atoms with Crippen LogP contribution in [0, 0.1) is 0 Å². The number of aryl methyl sites for hydroxylation is 1. The summed E-state index contributed by atoms with van der Waals surface area (Å²) < 4.78 is 1.88. The van der Waals surface area contributed by atoms with Crippen molar-refractivity contribution in [2.45, 2.75) is 25.3 Å². The van der Waals surface area contributed by atoms with Crippen LogP contribution in [0.15, 0.2) is 24.8 Å². The van der Waals surface area contributed by atoms with Crippen molar-refractivity contribution in [2.75, 3.05) is 0 Å². The van der Waals surface area contributed by atoms with Gasteiger partial charge in [0.25, 0.3) is 5.91 Å². The summed E-state index contributed by atoms with van der Waals surface area (Å²) in [6.45, 7) is 0. The standard InChI is InChI=1S/C13H15N5O/c1-18-12-4-2-3-10(9(12)7-16-18)17-13(19)11-8-14-5-6-15-11/h5-8,10H,2-4H2,1H3,(H,17,19). The molecule has 0 saturated heterocycles. The number of nitrogens with one attached hydrogen (secondary N) is 1. The summed E-state index contributed by atoms with van der Waals surface area (Å²) in [7, 11) is 1.94. The molecule has 0 radical (unpaired) electrons. The summed E-state index contributed by atoms with van der Waals surface area (Å²) in [5, 5.41) is 7.28. The Bertz CT molecular complexity index is 592. The van der Waals surface area contributed by atoms with Crippen molar-refractivity contribution in [3.05, 3.63) is 41.7 Å². The highest BCUT2D eigenvalue weighted by molar-refractivity contribution is 5.92. The van der Waals surface area contributed by atoms with Crippen LogP contribution in [0.1, 0.15) is 40.6 Å². The summed E-state index contributed by atoms with van der Waals surface area (Å²) in [5.74, 6) is -0.185. The van der Waals surface area contributed by atoms with Crippen LogP contribution in [-0.2, 0) is 13.5 Å². The average Bonchev–Trinajstić information content (AvgIpc) is 2.83. The lowest BCUT2D eigenvalue weighted by atomic mass is 9.93. The summed E-state index contributed by atoms with van der Waals surface area (Å²) in [5.41, 5.74) is 2.67. The third-order valence-corrected chi connectivity index (χ3v) is 3.48. The van der Waals surface area contributed by atoms with E-state index in [4.69, 9.17) is 0 Å². The van der Waals surface area contributed by atoms with Gasteiger partial charge in [0.1, 0.15) is 5.69 Å². The number of nitrogens with zero attached hydrogens (tertiary/aromatic N) is 4. The van der Waals surface area contributed by atoms with E-state index in [-0.39, 0.29) is 11.9 Å². The van der Waals surface area contributed by atoms with E-state index in [0.717, 1.165) is 24.8 Å². The van der Waals surface area contributed by atoms with Crippen LogP contribution < -0.4 is 5.32 Å². The number of amides is 1. The topological polar surface area (TPSA) is 72.7 Å². The second kappa shape index (κ2) is 4.79. The Kier molecular flexibility index (Phi) is 2.98. The zero-order valence-electron chi connectivity index (χ0n) is 10.7. The van der Waals surface area contributed by atoms with Crippen molar-refractivity contribution in [2.24, 2.45) is 7.05 Å². The Balaban J connectivity index is 1.80. The molecule has 1 amide bonds. The highest BCUT2D eigenvalue weighted by Crippen LogP contribution is 2.29. The Morgan fingerprint density at radius 2 is 2.32 bits per heavy atom. The van der Waals surface area contributed by atoms with Crippen molar-refractivity contribution in [1.29, 1.82) is 0 Å². The van der Waals surface area contributed by atoms with Crippen molar-refractivity contribution >= 4 is 5.91 Å². The predicted molar refractivity (Wildman–Crippen MR) is 68.4 cm³/mol. The molecule has 3 rings (SSSR count). The smallest absolute Gasteiger partial charge is 0.271 e. The van der Waals surface area contributed by atoms with Gasteiger partial charge in [-0.1, -0.05) is 0 Å². The highest BCUT2D eigenvalue weighted by atomic mass is 16.1. The lowest BCUT2D eigenvalue weighted by molar-refractivity contribution is 0.0927. The molecule has 19 heavy (non-hydrogen) atoms. The van der Waals surface area contributed by atoms with Crippen molar-refractivity contribution < 1.29 is 4.79 Å². The number of rotatable bonds is 2. The average molecular weight is 257 g/mol. The molecule has 1 atom stereocenters. The largest absolute Gasteiger partial charge is 0.344 e. The zero-order valence-corrected chi connectivity index (χ0v) is 10.7. The highest BCUT2D eigenvalue weighted by Gasteiger charge is 2.25. The van der Waals surface area contributed by atoms with Gasteiger partial charge in [-0.05, 0) is 19.3 Å². The molecule has 2 aromatic rings. The molecule has 98 valence electrons. The Morgan fingerprint density at radius 3 is 3.11 bits per heavy atom. The van der Waals surface area contributed by atoms with Gasteiger partial charge >= 0.3 is 0 Å². The van der Waals surface area contributed by atoms with E-state index in [1.54, 1.807) is 6.20 Å². The van der Waals surface area contributed by atoms with E-state index >= 15 is 0 Å². The first kappa shape index (κ1) is 11.8. The minimum absolute atomic E-state index is 0.0203. The van der Waals surface area contributed by atoms with Crippen LogP contribution in [0.2, 0.25) is 0 Å². The molecule has 2 aromatic heterocycles. The van der Waals surface area contributed by atoms with Gasteiger partial charge in [-0.15, -0.1) is 0 Å². The summed E-state index contributed by atoms with van der Waals surface area (Å²) in [6.07, 6.45) is 9.40. The molecule has 0 bridgehead atoms. The molecule has 0 aromatic carbocycles. The van der Waals surface area contributed by atoms with E-state index in [2.05, 4.69) is 20.4 Å². The van der Waals surface area contributed by atoms with Gasteiger partial charge in [-0.3, -0.25) is 14.5 Å². The second-order valence-corrected chi connectivity index (χ2v) is 4.68. The normalized spacial score (nSPS) is 17.8. The molecule has 1 unspecified atom stereocenters. The van der Waals surface area contributed by atoms with Gasteiger partial charge < -0.3 is 5.32 Å². The van der Waals surface area contributed by atoms with Crippen LogP contribution in [0.3, 0.4) is 0 Å². The molecule has 1 aliphatic rings. The Labute approximate surface area is 110 Å². The Morgan fingerprint density at radius 1 is 1.42 bits per heavy atom. The van der Waals surface area contributed by atoms with Gasteiger partial charge in [0.2, 0.25) is 0 Å². The maximum atomic E-state index is 12.1. The van der Waals surface area contributed by atoms with Crippen LogP contribution in [-0.4, -0.2) is 25.7 Å². The van der Waals surface area contributed by atoms with Crippen LogP contribution in [0.25, 0.3) is 0 Å². The van der Waals surface area contributed by atoms with Gasteiger partial charge in [-0.2, -0.15) is 5.10 Å². The molecule has 0 saturated carbocycles. The number of hydrogen-bond acceptors (Lipinski definition) is 4. The van der Waals surface area contributed by atoms with Crippen molar-refractivity contribution in [1.82, 2.24) is 25.1 Å². The zero-order chi connectivity index (χ0) is 13.2. The first-order chi connectivity index (χ1) is 9.25. The summed E-state index contributed by atoms with van der Waals surface area (Å²) >= 11 is 0. The third kappa shape index (κ3) is 2.21. The number of aromatic nitrogens is 4. The lowest BCUT2D eigenvalue weighted by Crippen LogP contribution is -2.31. The van der Waals surface area contributed by atoms with E-state index < -0.39 is 0 Å². The monoisotopic (exact) mass is 257 g/mol. The summed E-state index contributed by atoms with van der Waals surface area (Å²) in [6, 6.07) is 0.0203. The maximum Gasteiger partial charge on any atom is 0.271 e. The van der Waals surface area contributed by atoms with Crippen LogP contribution >= 0.6 is 0 Å². The molecule has 2 heterocycles. The number of carbonyl (C=O) groups excluding carboxylic acids is 1. The minimum atomic E-state index is -0.185. The number of hydrogen-bond donors (Lipinski definition) is 1. The fraction of sp³-hybridized carbons (Fsp3) is 0.385. The summed E-state index contributed by atoms with van der Waals surface area (Å²) in [4.78, 5) is 20.0. The van der Waals surface area contributed by atoms with Gasteiger partial charge in [0.05, 0.1) is 18.4 Å². The number of fused-ring (bicyclic) bond motifs is 1. The fourth-order valence-corrected chi connectivity index (χ4v) is 2.50. The van der Waals surface area contributed by atoms with E-state index in [9.17, 15) is 4.79 Å². The van der Waals surface area contributed by atoms with E-state index in [0.29, 0.717) is 5.69 Å². The molecule has 1 N–H and O–H groups in total. The fourth-order valence-electron chi connectivity index (χ4n) is 2.50. The van der Waals surface area contributed by atoms with Crippen LogP contribution in [0.5, 0.6) is 0 Å². The molecule has 0 fully saturated rings. The van der Waals surface area contributed by atoms with Gasteiger partial charge in [0, 0.05) is 30.7 Å². The van der Waals surface area contributed by atoms with Gasteiger partial charge in [0.15, 0.2) is 0 Å². The molecule has 6 heteroatoms. The van der Waals surface area contributed by atoms with E-state index in [1.807, 2.05) is 17.9 Å².